The molecule has 4 heterocycles. The highest BCUT2D eigenvalue weighted by molar-refractivity contribution is 9.11. The maximum absolute atomic E-state index is 14.1. The number of thiazole rings is 1. The van der Waals surface area contributed by atoms with E-state index in [9.17, 15) is 24.0 Å². The largest absolute Gasteiger partial charge is 0.468 e. The van der Waals surface area contributed by atoms with Gasteiger partial charge < -0.3 is 24.6 Å². The molecule has 3 aliphatic heterocycles. The number of amides is 4. The van der Waals surface area contributed by atoms with E-state index in [0.29, 0.717) is 46.8 Å². The Hall–Kier alpha value is -3.04. The fourth-order valence-electron chi connectivity index (χ4n) is 6.07. The summed E-state index contributed by atoms with van der Waals surface area (Å²) in [4.78, 5) is 75.8. The van der Waals surface area contributed by atoms with Crippen LogP contribution in [-0.2, 0) is 35.1 Å². The van der Waals surface area contributed by atoms with Gasteiger partial charge in [-0.3, -0.25) is 24.2 Å². The van der Waals surface area contributed by atoms with E-state index in [1.54, 1.807) is 32.7 Å². The van der Waals surface area contributed by atoms with Crippen molar-refractivity contribution in [3.05, 3.63) is 20.6 Å². The van der Waals surface area contributed by atoms with E-state index in [1.165, 1.54) is 28.4 Å². The smallest absolute Gasteiger partial charge is 0.410 e. The van der Waals surface area contributed by atoms with E-state index in [0.717, 1.165) is 0 Å². The molecule has 0 radical (unpaired) electrons. The van der Waals surface area contributed by atoms with E-state index in [4.69, 9.17) is 9.47 Å². The van der Waals surface area contributed by atoms with Crippen LogP contribution in [0.3, 0.4) is 0 Å². The van der Waals surface area contributed by atoms with E-state index < -0.39 is 59.6 Å². The minimum absolute atomic E-state index is 0.0553. The SMILES string of the molecule is COC(=O)[C@@H]1CCCN(C(=O)[C@@H]2Cc3nc(Br)sc3C=C[C@@H]3[C@H](CCN3C(=O)OC(C)(C)C)C(=O)N(C)[C@@H](C(C)C)C(=O)N2)N1. The Morgan fingerprint density at radius 1 is 1.13 bits per heavy atom. The molecule has 15 heteroatoms. The molecule has 2 fully saturated rings. The lowest BCUT2D eigenvalue weighted by Gasteiger charge is -2.36. The summed E-state index contributed by atoms with van der Waals surface area (Å²) >= 11 is 4.79. The topological polar surface area (TPSA) is 150 Å². The second kappa shape index (κ2) is 14.2. The van der Waals surface area contributed by atoms with Gasteiger partial charge in [-0.15, -0.1) is 11.3 Å². The summed E-state index contributed by atoms with van der Waals surface area (Å²) in [5.41, 5.74) is 2.79. The first kappa shape index (κ1) is 34.8. The minimum atomic E-state index is -1.05. The third kappa shape index (κ3) is 8.04. The Labute approximate surface area is 276 Å². The van der Waals surface area contributed by atoms with Gasteiger partial charge in [0.05, 0.1) is 29.6 Å². The molecule has 4 rings (SSSR count). The van der Waals surface area contributed by atoms with Crippen LogP contribution in [0.15, 0.2) is 9.99 Å². The van der Waals surface area contributed by atoms with Crippen LogP contribution in [0.4, 0.5) is 4.79 Å². The molecular formula is C30H43BrN6O7S. The van der Waals surface area contributed by atoms with Crippen LogP contribution in [0.25, 0.3) is 6.08 Å². The van der Waals surface area contributed by atoms with Crippen molar-refractivity contribution in [3.63, 3.8) is 0 Å². The number of carbonyl (C=O) groups is 5. The molecule has 3 aliphatic rings. The van der Waals surface area contributed by atoms with Gasteiger partial charge in [-0.2, -0.15) is 0 Å². The van der Waals surface area contributed by atoms with Crippen molar-refractivity contribution in [3.8, 4) is 0 Å². The summed E-state index contributed by atoms with van der Waals surface area (Å²) in [5.74, 6) is -2.58. The Kier molecular flexibility index (Phi) is 11.0. The highest BCUT2D eigenvalue weighted by atomic mass is 79.9. The van der Waals surface area contributed by atoms with Gasteiger partial charge in [0.25, 0.3) is 5.91 Å². The number of hydrazine groups is 1. The molecule has 248 valence electrons. The fourth-order valence-corrected chi connectivity index (χ4v) is 7.54. The molecule has 0 aromatic carbocycles. The van der Waals surface area contributed by atoms with Gasteiger partial charge in [0.2, 0.25) is 11.8 Å². The van der Waals surface area contributed by atoms with Gasteiger partial charge in [-0.25, -0.2) is 15.2 Å². The van der Waals surface area contributed by atoms with Crippen molar-refractivity contribution in [1.82, 2.24) is 30.5 Å². The number of likely N-dealkylation sites (N-methyl/N-ethyl adjacent to an activating group) is 1. The molecule has 4 amide bonds. The summed E-state index contributed by atoms with van der Waals surface area (Å²) in [7, 11) is 2.88. The van der Waals surface area contributed by atoms with E-state index in [-0.39, 0.29) is 18.2 Å². The summed E-state index contributed by atoms with van der Waals surface area (Å²) in [6, 6.07) is -3.26. The predicted octanol–water partition coefficient (Wildman–Crippen LogP) is 2.74. The van der Waals surface area contributed by atoms with Crippen molar-refractivity contribution in [1.29, 1.82) is 0 Å². The third-order valence-electron chi connectivity index (χ3n) is 8.16. The standard InChI is InChI=1S/C30H43BrN6O7S/c1-16(2)23-24(38)32-20(26(40)37-13-8-9-18(34-37)27(41)43-7)15-19-22(45-28(31)33-19)11-10-21-17(25(39)35(23)6)12-14-36(21)29(42)44-30(3,4)5/h10-11,16-18,20-21,23,34H,8-9,12-15H2,1-7H3,(H,32,38)/t17-,18-,20-,21+,23-/m0/s1. The summed E-state index contributed by atoms with van der Waals surface area (Å²) in [5, 5.41) is 4.27. The first-order valence-electron chi connectivity index (χ1n) is 15.2. The van der Waals surface area contributed by atoms with Gasteiger partial charge in [-0.1, -0.05) is 19.9 Å². The van der Waals surface area contributed by atoms with Gasteiger partial charge in [0, 0.05) is 26.6 Å². The van der Waals surface area contributed by atoms with Crippen LogP contribution in [-0.4, -0.2) is 107 Å². The van der Waals surface area contributed by atoms with Crippen molar-refractivity contribution >= 4 is 63.1 Å². The molecule has 0 saturated carbocycles. The average molecular weight is 712 g/mol. The quantitative estimate of drug-likeness (QED) is 0.452. The number of methoxy groups -OCH3 is 1. The number of rotatable bonds is 3. The molecule has 5 atom stereocenters. The molecule has 0 unspecified atom stereocenters. The highest BCUT2D eigenvalue weighted by Crippen LogP contribution is 2.33. The first-order valence-corrected chi connectivity index (χ1v) is 16.8. The van der Waals surface area contributed by atoms with E-state index in [2.05, 4.69) is 31.7 Å². The maximum Gasteiger partial charge on any atom is 0.410 e. The maximum atomic E-state index is 14.1. The lowest BCUT2D eigenvalue weighted by atomic mass is 9.95. The summed E-state index contributed by atoms with van der Waals surface area (Å²) in [6.07, 6.45) is 4.64. The molecule has 1 aromatic rings. The number of nitrogens with one attached hydrogen (secondary N) is 2. The summed E-state index contributed by atoms with van der Waals surface area (Å²) < 4.78 is 11.1. The molecule has 1 aromatic heterocycles. The van der Waals surface area contributed by atoms with Crippen molar-refractivity contribution in [2.24, 2.45) is 11.8 Å². The zero-order valence-electron chi connectivity index (χ0n) is 26.8. The Morgan fingerprint density at radius 2 is 1.84 bits per heavy atom. The zero-order valence-corrected chi connectivity index (χ0v) is 29.2. The van der Waals surface area contributed by atoms with E-state index >= 15 is 0 Å². The predicted molar refractivity (Wildman–Crippen MR) is 171 cm³/mol. The molecule has 0 bridgehead atoms. The number of hydrogen-bond donors (Lipinski definition) is 2. The van der Waals surface area contributed by atoms with Crippen molar-refractivity contribution in [2.45, 2.75) is 90.1 Å². The first-order chi connectivity index (χ1) is 21.1. The molecule has 13 nitrogen and oxygen atoms in total. The Balaban J connectivity index is 1.75. The lowest BCUT2D eigenvalue weighted by Crippen LogP contribution is -2.62. The van der Waals surface area contributed by atoms with E-state index in [1.807, 2.05) is 26.0 Å². The van der Waals surface area contributed by atoms with Gasteiger partial charge in [0.15, 0.2) is 3.92 Å². The molecule has 2 saturated heterocycles. The number of esters is 1. The number of ether oxygens (including phenoxy) is 2. The van der Waals surface area contributed by atoms with Crippen LogP contribution in [0.2, 0.25) is 0 Å². The molecule has 45 heavy (non-hydrogen) atoms. The fraction of sp³-hybridized carbons (Fsp3) is 0.667. The van der Waals surface area contributed by atoms with Crippen LogP contribution in [0, 0.1) is 11.8 Å². The molecule has 0 aliphatic carbocycles. The number of likely N-dealkylation sites (tertiary alicyclic amines) is 1. The van der Waals surface area contributed by atoms with Gasteiger partial charge in [0.1, 0.15) is 23.7 Å². The highest BCUT2D eigenvalue weighted by Gasteiger charge is 2.45. The second-order valence-corrected chi connectivity index (χ2v) is 15.2. The Bertz CT molecular complexity index is 1340. The van der Waals surface area contributed by atoms with Crippen LogP contribution in [0.1, 0.15) is 64.5 Å². The second-order valence-electron chi connectivity index (χ2n) is 12.9. The zero-order chi connectivity index (χ0) is 33.2. The van der Waals surface area contributed by atoms with Crippen LogP contribution < -0.4 is 10.7 Å². The van der Waals surface area contributed by atoms with Gasteiger partial charge >= 0.3 is 12.1 Å². The number of nitrogens with zero attached hydrogens (tertiary/aromatic N) is 4. The number of fused-ring (bicyclic) bond motifs is 2. The normalized spacial score (nSPS) is 26.3. The Morgan fingerprint density at radius 3 is 2.49 bits per heavy atom. The van der Waals surface area contributed by atoms with Crippen molar-refractivity contribution in [2.75, 3.05) is 27.2 Å². The monoisotopic (exact) mass is 710 g/mol. The molecule has 0 spiro atoms. The number of halogens is 1. The average Bonchev–Trinajstić information content (AvgIpc) is 3.55. The third-order valence-corrected chi connectivity index (χ3v) is 9.67. The van der Waals surface area contributed by atoms with Crippen LogP contribution in [0.5, 0.6) is 0 Å². The lowest BCUT2D eigenvalue weighted by molar-refractivity contribution is -0.151. The number of hydrogen-bond acceptors (Lipinski definition) is 10. The molecule has 2 N–H and O–H groups in total. The van der Waals surface area contributed by atoms with Crippen LogP contribution >= 0.6 is 27.3 Å². The number of aromatic nitrogens is 1. The number of carbonyl (C=O) groups excluding carboxylic acids is 5. The summed E-state index contributed by atoms with van der Waals surface area (Å²) in [6.45, 7) is 9.70. The van der Waals surface area contributed by atoms with Gasteiger partial charge in [-0.05, 0) is 68.0 Å². The molecular weight excluding hydrogens is 668 g/mol. The van der Waals surface area contributed by atoms with Crippen molar-refractivity contribution < 1.29 is 33.4 Å². The minimum Gasteiger partial charge on any atom is -0.468 e.